The Morgan fingerprint density at radius 2 is 2.03 bits per heavy atom. The highest BCUT2D eigenvalue weighted by Crippen LogP contribution is 2.39. The van der Waals surface area contributed by atoms with Crippen LogP contribution in [0.15, 0.2) is 36.9 Å². The molecule has 5 atom stereocenters. The summed E-state index contributed by atoms with van der Waals surface area (Å²) in [4.78, 5) is 15.3. The highest BCUT2D eigenvalue weighted by molar-refractivity contribution is 7.84. The normalized spacial score (nSPS) is 27.2. The zero-order chi connectivity index (χ0) is 23.3. The monoisotopic (exact) mass is 476 g/mol. The second kappa shape index (κ2) is 8.27. The molecule has 176 valence electrons. The fourth-order valence-corrected chi connectivity index (χ4v) is 4.95. The van der Waals surface area contributed by atoms with Gasteiger partial charge in [-0.05, 0) is 24.0 Å². The molecule has 3 aromatic rings. The molecular formula is C20H24N6O6S. The maximum absolute atomic E-state index is 11.1. The molecular weight excluding hydrogens is 452 g/mol. The summed E-state index contributed by atoms with van der Waals surface area (Å²) < 4.78 is 33.8. The number of benzene rings is 1. The lowest BCUT2D eigenvalue weighted by atomic mass is 10.1. The standard InChI is InChI=1S/C20H24N6O6S/c1-25(13-7-6-11-4-2-3-5-12(11)13)18-15-19(23-9-22-18)26(10-24-15)20-17(28)16(27)14(32-20)8-31-33(21,29)30/h2-5,9-10,13-14,16-17,20,27-28H,6-8H2,1H3,(H2,21,29,30)/t13-,14+,16+,17+,20+/m0/s1. The second-order valence-corrected chi connectivity index (χ2v) is 9.43. The zero-order valence-electron chi connectivity index (χ0n) is 17.7. The fraction of sp³-hybridized carbons (Fsp3) is 0.450. The first-order chi connectivity index (χ1) is 15.7. The Kier molecular flexibility index (Phi) is 5.55. The summed E-state index contributed by atoms with van der Waals surface area (Å²) in [7, 11) is -2.26. The lowest BCUT2D eigenvalue weighted by Crippen LogP contribution is -2.35. The molecule has 1 aliphatic carbocycles. The molecule has 5 rings (SSSR count). The van der Waals surface area contributed by atoms with E-state index in [1.54, 1.807) is 0 Å². The molecule has 1 aliphatic heterocycles. The molecule has 2 aromatic heterocycles. The van der Waals surface area contributed by atoms with Crippen LogP contribution in [0, 0.1) is 0 Å². The van der Waals surface area contributed by atoms with Gasteiger partial charge < -0.3 is 19.8 Å². The SMILES string of the molecule is CN(c1ncnc2c1ncn2[C@@H]1O[C@H](COS(N)(=O)=O)[C@@H](O)[C@H]1O)[C@H]1CCc2ccccc21. The molecule has 1 fully saturated rings. The molecule has 1 saturated heterocycles. The Morgan fingerprint density at radius 1 is 1.24 bits per heavy atom. The number of aromatic nitrogens is 4. The Balaban J connectivity index is 1.44. The Morgan fingerprint density at radius 3 is 2.82 bits per heavy atom. The zero-order valence-corrected chi connectivity index (χ0v) is 18.5. The number of aliphatic hydroxyl groups is 2. The minimum atomic E-state index is -4.22. The van der Waals surface area contributed by atoms with E-state index in [0.717, 1.165) is 12.8 Å². The number of hydrogen-bond donors (Lipinski definition) is 3. The predicted molar refractivity (Wildman–Crippen MR) is 116 cm³/mol. The van der Waals surface area contributed by atoms with E-state index in [2.05, 4.69) is 36.2 Å². The van der Waals surface area contributed by atoms with Crippen molar-refractivity contribution in [1.82, 2.24) is 19.5 Å². The largest absolute Gasteiger partial charge is 0.387 e. The van der Waals surface area contributed by atoms with E-state index in [1.807, 2.05) is 19.2 Å². The quantitative estimate of drug-likeness (QED) is 0.433. The summed E-state index contributed by atoms with van der Waals surface area (Å²) in [5.41, 5.74) is 3.48. The molecule has 3 heterocycles. The number of ether oxygens (including phenoxy) is 1. The minimum absolute atomic E-state index is 0.138. The van der Waals surface area contributed by atoms with Crippen LogP contribution in [0.2, 0.25) is 0 Å². The van der Waals surface area contributed by atoms with Crippen LogP contribution in [-0.2, 0) is 25.6 Å². The molecule has 0 unspecified atom stereocenters. The first-order valence-electron chi connectivity index (χ1n) is 10.4. The molecule has 2 aliphatic rings. The van der Waals surface area contributed by atoms with Gasteiger partial charge in [-0.15, -0.1) is 0 Å². The second-order valence-electron chi connectivity index (χ2n) is 8.21. The number of aryl methyl sites for hydroxylation is 1. The van der Waals surface area contributed by atoms with Crippen LogP contribution in [0.25, 0.3) is 11.2 Å². The predicted octanol–water partition coefficient (Wildman–Crippen LogP) is -0.211. The van der Waals surface area contributed by atoms with Crippen molar-refractivity contribution in [2.75, 3.05) is 18.6 Å². The summed E-state index contributed by atoms with van der Waals surface area (Å²) in [6, 6.07) is 8.45. The molecule has 13 heteroatoms. The van der Waals surface area contributed by atoms with Crippen LogP contribution >= 0.6 is 0 Å². The van der Waals surface area contributed by atoms with Gasteiger partial charge in [0.25, 0.3) is 0 Å². The lowest BCUT2D eigenvalue weighted by Gasteiger charge is -2.26. The van der Waals surface area contributed by atoms with Gasteiger partial charge in [0.15, 0.2) is 23.2 Å². The van der Waals surface area contributed by atoms with Crippen LogP contribution in [0.3, 0.4) is 0 Å². The molecule has 33 heavy (non-hydrogen) atoms. The molecule has 4 N–H and O–H groups in total. The summed E-state index contributed by atoms with van der Waals surface area (Å²) in [6.45, 7) is -0.537. The molecule has 12 nitrogen and oxygen atoms in total. The van der Waals surface area contributed by atoms with Crippen molar-refractivity contribution >= 4 is 27.3 Å². The number of aliphatic hydroxyl groups excluding tert-OH is 2. The van der Waals surface area contributed by atoms with Crippen molar-refractivity contribution < 1.29 is 27.6 Å². The number of nitrogens with two attached hydrogens (primary N) is 1. The number of imidazole rings is 1. The van der Waals surface area contributed by atoms with Gasteiger partial charge in [0, 0.05) is 7.05 Å². The van der Waals surface area contributed by atoms with Gasteiger partial charge >= 0.3 is 10.3 Å². The van der Waals surface area contributed by atoms with Gasteiger partial charge in [0.1, 0.15) is 24.6 Å². The highest BCUT2D eigenvalue weighted by atomic mass is 32.2. The number of nitrogens with zero attached hydrogens (tertiary/aromatic N) is 5. The number of hydrogen-bond acceptors (Lipinski definition) is 10. The summed E-state index contributed by atoms with van der Waals surface area (Å²) in [6.07, 6.45) is -0.142. The average Bonchev–Trinajstić information content (AvgIpc) is 3.48. The van der Waals surface area contributed by atoms with Gasteiger partial charge in [-0.2, -0.15) is 8.42 Å². The molecule has 0 saturated carbocycles. The van der Waals surface area contributed by atoms with Gasteiger partial charge in [0.2, 0.25) is 0 Å². The lowest BCUT2D eigenvalue weighted by molar-refractivity contribution is -0.0467. The van der Waals surface area contributed by atoms with E-state index in [1.165, 1.54) is 28.3 Å². The third-order valence-corrected chi connectivity index (χ3v) is 6.71. The van der Waals surface area contributed by atoms with E-state index in [-0.39, 0.29) is 6.04 Å². The van der Waals surface area contributed by atoms with Crippen LogP contribution in [0.5, 0.6) is 0 Å². The van der Waals surface area contributed by atoms with Crippen LogP contribution in [0.1, 0.15) is 29.8 Å². The van der Waals surface area contributed by atoms with Gasteiger partial charge in [-0.3, -0.25) is 8.75 Å². The fourth-order valence-electron chi connectivity index (χ4n) is 4.63. The Bertz CT molecular complexity index is 1280. The first-order valence-corrected chi connectivity index (χ1v) is 11.9. The third-order valence-electron chi connectivity index (χ3n) is 6.25. The third kappa shape index (κ3) is 3.96. The number of rotatable bonds is 6. The number of fused-ring (bicyclic) bond motifs is 2. The van der Waals surface area contributed by atoms with Gasteiger partial charge in [-0.25, -0.2) is 20.1 Å². The molecule has 0 amide bonds. The van der Waals surface area contributed by atoms with E-state index in [4.69, 9.17) is 9.88 Å². The van der Waals surface area contributed by atoms with Gasteiger partial charge in [0.05, 0.1) is 19.0 Å². The van der Waals surface area contributed by atoms with Crippen molar-refractivity contribution in [3.8, 4) is 0 Å². The maximum atomic E-state index is 11.1. The van der Waals surface area contributed by atoms with E-state index in [0.29, 0.717) is 17.0 Å². The molecule has 0 radical (unpaired) electrons. The van der Waals surface area contributed by atoms with Crippen molar-refractivity contribution in [2.24, 2.45) is 5.14 Å². The summed E-state index contributed by atoms with van der Waals surface area (Å²) >= 11 is 0. The Hall–Kier alpha value is -2.68. The maximum Gasteiger partial charge on any atom is 0.333 e. The summed E-state index contributed by atoms with van der Waals surface area (Å²) in [5.74, 6) is 0.627. The molecule has 0 bridgehead atoms. The summed E-state index contributed by atoms with van der Waals surface area (Å²) in [5, 5.41) is 25.7. The van der Waals surface area contributed by atoms with E-state index in [9.17, 15) is 18.6 Å². The Labute approximate surface area is 189 Å². The van der Waals surface area contributed by atoms with Crippen LogP contribution < -0.4 is 10.0 Å². The van der Waals surface area contributed by atoms with Crippen molar-refractivity contribution in [3.63, 3.8) is 0 Å². The van der Waals surface area contributed by atoms with Gasteiger partial charge in [-0.1, -0.05) is 24.3 Å². The highest BCUT2D eigenvalue weighted by Gasteiger charge is 2.45. The number of anilines is 1. The topological polar surface area (TPSA) is 166 Å². The first kappa shape index (κ1) is 22.1. The smallest absolute Gasteiger partial charge is 0.333 e. The van der Waals surface area contributed by atoms with Crippen LogP contribution in [-0.4, -0.2) is 70.1 Å². The molecule has 1 aromatic carbocycles. The minimum Gasteiger partial charge on any atom is -0.387 e. The molecule has 0 spiro atoms. The van der Waals surface area contributed by atoms with Crippen molar-refractivity contribution in [2.45, 2.75) is 43.4 Å². The van der Waals surface area contributed by atoms with E-state index >= 15 is 0 Å². The van der Waals surface area contributed by atoms with Crippen LogP contribution in [0.4, 0.5) is 5.82 Å². The van der Waals surface area contributed by atoms with E-state index < -0.39 is 41.5 Å². The van der Waals surface area contributed by atoms with Crippen molar-refractivity contribution in [3.05, 3.63) is 48.0 Å². The average molecular weight is 477 g/mol. The van der Waals surface area contributed by atoms with Crippen molar-refractivity contribution in [1.29, 1.82) is 0 Å².